The first-order chi connectivity index (χ1) is 9.67. The van der Waals surface area contributed by atoms with Crippen LogP contribution in [-0.2, 0) is 16.6 Å². The van der Waals surface area contributed by atoms with E-state index in [1.54, 1.807) is 6.07 Å². The first kappa shape index (κ1) is 15.8. The lowest BCUT2D eigenvalue weighted by Crippen LogP contribution is -2.41. The predicted octanol–water partition coefficient (Wildman–Crippen LogP) is 1.85. The monoisotopic (exact) mass is 319 g/mol. The second-order valence-electron chi connectivity index (χ2n) is 5.24. The molecule has 1 aromatic carbocycles. The molecule has 1 aromatic rings. The number of halogens is 2. The van der Waals surface area contributed by atoms with Gasteiger partial charge in [0.25, 0.3) is 0 Å². The largest absolute Gasteiger partial charge is 0.478 e. The SMILES string of the molecule is O=C(O)c1cccc(CNS(=O)(=O)CC2CC(F)(F)C2)c1. The Hall–Kier alpha value is -1.54. The molecular formula is C13H15F2NO4S. The van der Waals surface area contributed by atoms with E-state index in [0.717, 1.165) is 0 Å². The van der Waals surface area contributed by atoms with Gasteiger partial charge in [-0.1, -0.05) is 12.1 Å². The van der Waals surface area contributed by atoms with Crippen molar-refractivity contribution in [3.05, 3.63) is 35.4 Å². The molecule has 1 aliphatic rings. The summed E-state index contributed by atoms with van der Waals surface area (Å²) in [5.74, 6) is -4.70. The second kappa shape index (κ2) is 5.69. The van der Waals surface area contributed by atoms with Crippen molar-refractivity contribution in [2.75, 3.05) is 5.75 Å². The molecule has 0 spiro atoms. The van der Waals surface area contributed by atoms with Gasteiger partial charge in [0, 0.05) is 19.4 Å². The number of hydrogen-bond acceptors (Lipinski definition) is 3. The van der Waals surface area contributed by atoms with E-state index < -0.39 is 40.7 Å². The third kappa shape index (κ3) is 4.47. The Morgan fingerprint density at radius 3 is 2.62 bits per heavy atom. The van der Waals surface area contributed by atoms with E-state index >= 15 is 0 Å². The van der Waals surface area contributed by atoms with Gasteiger partial charge in [0.05, 0.1) is 11.3 Å². The van der Waals surface area contributed by atoms with Crippen molar-refractivity contribution in [1.82, 2.24) is 4.72 Å². The van der Waals surface area contributed by atoms with Crippen LogP contribution in [0, 0.1) is 5.92 Å². The van der Waals surface area contributed by atoms with Crippen LogP contribution in [-0.4, -0.2) is 31.2 Å². The fourth-order valence-corrected chi connectivity index (χ4v) is 3.64. The van der Waals surface area contributed by atoms with Crippen LogP contribution in [0.5, 0.6) is 0 Å². The summed E-state index contributed by atoms with van der Waals surface area (Å²) in [5, 5.41) is 8.84. The highest BCUT2D eigenvalue weighted by Crippen LogP contribution is 2.42. The first-order valence-corrected chi connectivity index (χ1v) is 7.99. The summed E-state index contributed by atoms with van der Waals surface area (Å²) in [6.45, 7) is -0.0629. The predicted molar refractivity (Wildman–Crippen MR) is 71.7 cm³/mol. The highest BCUT2D eigenvalue weighted by atomic mass is 32.2. The van der Waals surface area contributed by atoms with E-state index in [0.29, 0.717) is 5.56 Å². The van der Waals surface area contributed by atoms with Gasteiger partial charge in [0.1, 0.15) is 0 Å². The Balaban J connectivity index is 1.90. The highest BCUT2D eigenvalue weighted by molar-refractivity contribution is 7.89. The minimum Gasteiger partial charge on any atom is -0.478 e. The number of sulfonamides is 1. The quantitative estimate of drug-likeness (QED) is 0.838. The van der Waals surface area contributed by atoms with Crippen LogP contribution in [0.4, 0.5) is 8.78 Å². The minimum absolute atomic E-state index is 0.0605. The van der Waals surface area contributed by atoms with E-state index in [1.807, 2.05) is 0 Å². The van der Waals surface area contributed by atoms with Crippen molar-refractivity contribution in [2.45, 2.75) is 25.3 Å². The van der Waals surface area contributed by atoms with E-state index in [-0.39, 0.29) is 17.9 Å². The molecule has 5 nitrogen and oxygen atoms in total. The van der Waals surface area contributed by atoms with Gasteiger partial charge in [-0.25, -0.2) is 26.7 Å². The topological polar surface area (TPSA) is 83.5 Å². The summed E-state index contributed by atoms with van der Waals surface area (Å²) in [7, 11) is -3.65. The van der Waals surface area contributed by atoms with Gasteiger partial charge >= 0.3 is 5.97 Å². The number of hydrogen-bond donors (Lipinski definition) is 2. The number of aromatic carboxylic acids is 1. The number of carboxylic acid groups (broad SMARTS) is 1. The number of carbonyl (C=O) groups is 1. The third-order valence-corrected chi connectivity index (χ3v) is 4.79. The van der Waals surface area contributed by atoms with Crippen LogP contribution < -0.4 is 4.72 Å². The molecule has 1 fully saturated rings. The Morgan fingerprint density at radius 1 is 1.38 bits per heavy atom. The maximum absolute atomic E-state index is 12.7. The number of benzene rings is 1. The Kier molecular flexibility index (Phi) is 4.29. The molecule has 0 aromatic heterocycles. The molecule has 0 aliphatic heterocycles. The third-order valence-electron chi connectivity index (χ3n) is 3.30. The molecule has 116 valence electrons. The molecule has 21 heavy (non-hydrogen) atoms. The molecule has 0 bridgehead atoms. The lowest BCUT2D eigenvalue weighted by molar-refractivity contribution is -0.103. The molecule has 8 heteroatoms. The fourth-order valence-electron chi connectivity index (χ4n) is 2.28. The van der Waals surface area contributed by atoms with E-state index in [1.165, 1.54) is 18.2 Å². The molecule has 1 saturated carbocycles. The second-order valence-corrected chi connectivity index (χ2v) is 7.09. The Labute approximate surface area is 121 Å². The van der Waals surface area contributed by atoms with Gasteiger partial charge in [0.15, 0.2) is 0 Å². The van der Waals surface area contributed by atoms with Crippen LogP contribution in [0.1, 0.15) is 28.8 Å². The molecule has 0 saturated heterocycles. The molecule has 0 heterocycles. The number of rotatable bonds is 6. The maximum Gasteiger partial charge on any atom is 0.335 e. The van der Waals surface area contributed by atoms with Crippen molar-refractivity contribution < 1.29 is 27.1 Å². The van der Waals surface area contributed by atoms with Gasteiger partial charge < -0.3 is 5.11 Å². The Bertz CT molecular complexity index is 637. The smallest absolute Gasteiger partial charge is 0.335 e. The lowest BCUT2D eigenvalue weighted by Gasteiger charge is -2.34. The van der Waals surface area contributed by atoms with Crippen molar-refractivity contribution >= 4 is 16.0 Å². The zero-order chi connectivity index (χ0) is 15.7. The molecule has 0 unspecified atom stereocenters. The molecule has 2 N–H and O–H groups in total. The summed E-state index contributed by atoms with van der Waals surface area (Å²) in [6.07, 6.45) is -0.801. The zero-order valence-corrected chi connectivity index (χ0v) is 11.9. The molecule has 1 aliphatic carbocycles. The average Bonchev–Trinajstić information content (AvgIpc) is 2.34. The summed E-state index contributed by atoms with van der Waals surface area (Å²) in [5.41, 5.74) is 0.558. The van der Waals surface area contributed by atoms with Gasteiger partial charge in [-0.3, -0.25) is 0 Å². The summed E-state index contributed by atoms with van der Waals surface area (Å²) >= 11 is 0. The average molecular weight is 319 g/mol. The van der Waals surface area contributed by atoms with Crippen molar-refractivity contribution in [3.63, 3.8) is 0 Å². The summed E-state index contributed by atoms with van der Waals surface area (Å²) in [6, 6.07) is 5.87. The van der Waals surface area contributed by atoms with Crippen molar-refractivity contribution in [1.29, 1.82) is 0 Å². The van der Waals surface area contributed by atoms with Crippen LogP contribution in [0.2, 0.25) is 0 Å². The Morgan fingerprint density at radius 2 is 2.05 bits per heavy atom. The molecule has 0 radical (unpaired) electrons. The number of carboxylic acids is 1. The molecule has 2 rings (SSSR count). The molecular weight excluding hydrogens is 304 g/mol. The van der Waals surface area contributed by atoms with E-state index in [4.69, 9.17) is 5.11 Å². The van der Waals surface area contributed by atoms with Gasteiger partial charge in [0.2, 0.25) is 15.9 Å². The molecule has 0 amide bonds. The van der Waals surface area contributed by atoms with Gasteiger partial charge in [-0.2, -0.15) is 0 Å². The van der Waals surface area contributed by atoms with Gasteiger partial charge in [-0.15, -0.1) is 0 Å². The normalized spacial score (nSPS) is 18.2. The van der Waals surface area contributed by atoms with Crippen molar-refractivity contribution in [3.8, 4) is 0 Å². The number of alkyl halides is 2. The fraction of sp³-hybridized carbons (Fsp3) is 0.462. The lowest BCUT2D eigenvalue weighted by atomic mass is 9.83. The summed E-state index contributed by atoms with van der Waals surface area (Å²) < 4.78 is 51.2. The van der Waals surface area contributed by atoms with Crippen molar-refractivity contribution in [2.24, 2.45) is 5.92 Å². The molecule has 0 atom stereocenters. The van der Waals surface area contributed by atoms with Crippen LogP contribution >= 0.6 is 0 Å². The van der Waals surface area contributed by atoms with Crippen LogP contribution in [0.25, 0.3) is 0 Å². The zero-order valence-electron chi connectivity index (χ0n) is 11.1. The van der Waals surface area contributed by atoms with Crippen LogP contribution in [0.3, 0.4) is 0 Å². The highest BCUT2D eigenvalue weighted by Gasteiger charge is 2.46. The summed E-state index contributed by atoms with van der Waals surface area (Å²) in [4.78, 5) is 10.8. The minimum atomic E-state index is -3.65. The first-order valence-electron chi connectivity index (χ1n) is 6.34. The maximum atomic E-state index is 12.7. The standard InChI is InChI=1S/C13H15F2NO4S/c14-13(15)5-10(6-13)8-21(19,20)16-7-9-2-1-3-11(4-9)12(17)18/h1-4,10,16H,5-8H2,(H,17,18). The van der Waals surface area contributed by atoms with Crippen LogP contribution in [0.15, 0.2) is 24.3 Å². The van der Waals surface area contributed by atoms with Gasteiger partial charge in [-0.05, 0) is 23.6 Å². The number of nitrogens with one attached hydrogen (secondary N) is 1. The van der Waals surface area contributed by atoms with E-state index in [9.17, 15) is 22.0 Å². The van der Waals surface area contributed by atoms with E-state index in [2.05, 4.69) is 4.72 Å².